The Hall–Kier alpha value is -2.81. The van der Waals surface area contributed by atoms with Crippen LogP contribution in [0.2, 0.25) is 0 Å². The van der Waals surface area contributed by atoms with Gasteiger partial charge in [-0.3, -0.25) is 18.6 Å². The van der Waals surface area contributed by atoms with Crippen LogP contribution in [0.4, 0.5) is 0 Å². The minimum atomic E-state index is -4.46. The van der Waals surface area contributed by atoms with Crippen molar-refractivity contribution in [1.29, 1.82) is 0 Å². The summed E-state index contributed by atoms with van der Waals surface area (Å²) in [7, 11) is 1.49. The zero-order valence-electron chi connectivity index (χ0n) is 55.9. The van der Waals surface area contributed by atoms with Gasteiger partial charge in [-0.1, -0.05) is 292 Å². The van der Waals surface area contributed by atoms with E-state index in [1.807, 2.05) is 33.3 Å². The number of phosphoric acid groups is 1. The van der Waals surface area contributed by atoms with Crippen molar-refractivity contribution < 1.29 is 37.3 Å². The zero-order chi connectivity index (χ0) is 61.4. The van der Waals surface area contributed by atoms with Crippen LogP contribution >= 0.6 is 7.82 Å². The Bertz CT molecular complexity index is 1710. The van der Waals surface area contributed by atoms with Crippen molar-refractivity contribution in [3.8, 4) is 0 Å². The lowest BCUT2D eigenvalue weighted by atomic mass is 10.0. The third-order valence-electron chi connectivity index (χ3n) is 15.6. The van der Waals surface area contributed by atoms with Gasteiger partial charge in [0.25, 0.3) is 0 Å². The number of esters is 1. The van der Waals surface area contributed by atoms with Crippen LogP contribution in [0.25, 0.3) is 0 Å². The van der Waals surface area contributed by atoms with Crippen molar-refractivity contribution in [2.24, 2.45) is 0 Å². The van der Waals surface area contributed by atoms with E-state index in [2.05, 4.69) is 99.0 Å². The Morgan fingerprint density at radius 2 is 0.762 bits per heavy atom. The second kappa shape index (κ2) is 63.2. The number of quaternary nitrogens is 1. The SMILES string of the molecule is CC/C=C\C/C=C\C/C=C\C/C=C\C/C=C\CCCCCCCCCCCCCC(=O)NC(COP(=O)(O)OCC[N+](C)(C)C)C(/C=C\CCCCCCCCCCCC)OC(=O)CCCCCCCCCCC/C=C/CCCCCCCC. The van der Waals surface area contributed by atoms with Crippen molar-refractivity contribution in [1.82, 2.24) is 5.32 Å². The third-order valence-corrected chi connectivity index (χ3v) is 16.6. The molecule has 0 saturated heterocycles. The molecular weight excluding hydrogens is 1060 g/mol. The fraction of sp³-hybridized carbons (Fsp3) is 0.784. The zero-order valence-corrected chi connectivity index (χ0v) is 56.8. The topological polar surface area (TPSA) is 111 Å². The maximum absolute atomic E-state index is 13.6. The van der Waals surface area contributed by atoms with Gasteiger partial charge in [-0.05, 0) is 102 Å². The van der Waals surface area contributed by atoms with Gasteiger partial charge in [-0.2, -0.15) is 0 Å². The first-order valence-electron chi connectivity index (χ1n) is 35.4. The Labute approximate surface area is 520 Å². The second-order valence-electron chi connectivity index (χ2n) is 25.0. The summed E-state index contributed by atoms with van der Waals surface area (Å²) in [4.78, 5) is 37.9. The molecule has 0 radical (unpaired) electrons. The van der Waals surface area contributed by atoms with Gasteiger partial charge < -0.3 is 19.4 Å². The van der Waals surface area contributed by atoms with Crippen LogP contribution < -0.4 is 5.32 Å². The molecule has 3 unspecified atom stereocenters. The van der Waals surface area contributed by atoms with Crippen LogP contribution in [0.3, 0.4) is 0 Å². The summed E-state index contributed by atoms with van der Waals surface area (Å²) in [5.74, 6) is -0.504. The molecule has 0 aliphatic carbocycles. The minimum absolute atomic E-state index is 0.0374. The average molecular weight is 1200 g/mol. The van der Waals surface area contributed by atoms with Crippen molar-refractivity contribution in [2.75, 3.05) is 40.9 Å². The molecule has 1 amide bonds. The number of carbonyl (C=O) groups excluding carboxylic acids is 2. The summed E-state index contributed by atoms with van der Waals surface area (Å²) < 4.78 is 30.8. The summed E-state index contributed by atoms with van der Waals surface area (Å²) >= 11 is 0. The number of unbranched alkanes of at least 4 members (excludes halogenated alkanes) is 36. The molecule has 3 atom stereocenters. The molecule has 488 valence electrons. The number of allylic oxidation sites excluding steroid dienone is 13. The lowest BCUT2D eigenvalue weighted by Crippen LogP contribution is -2.47. The Morgan fingerprint density at radius 3 is 1.15 bits per heavy atom. The predicted molar refractivity (Wildman–Crippen MR) is 364 cm³/mol. The van der Waals surface area contributed by atoms with Crippen LogP contribution in [-0.4, -0.2) is 74.3 Å². The largest absolute Gasteiger partial charge is 0.472 e. The molecule has 0 saturated carbocycles. The van der Waals surface area contributed by atoms with Gasteiger partial charge in [0.1, 0.15) is 19.3 Å². The minimum Gasteiger partial charge on any atom is -0.456 e. The second-order valence-corrected chi connectivity index (χ2v) is 26.5. The van der Waals surface area contributed by atoms with Gasteiger partial charge in [0.15, 0.2) is 0 Å². The highest BCUT2D eigenvalue weighted by Gasteiger charge is 2.30. The quantitative estimate of drug-likeness (QED) is 0.0205. The predicted octanol–water partition coefficient (Wildman–Crippen LogP) is 22.5. The van der Waals surface area contributed by atoms with E-state index < -0.39 is 20.0 Å². The first kappa shape index (κ1) is 81.2. The van der Waals surface area contributed by atoms with Crippen LogP contribution in [0, 0.1) is 0 Å². The van der Waals surface area contributed by atoms with Gasteiger partial charge >= 0.3 is 13.8 Å². The number of hydrogen-bond acceptors (Lipinski definition) is 6. The van der Waals surface area contributed by atoms with Crippen LogP contribution in [-0.2, 0) is 27.9 Å². The molecule has 0 bridgehead atoms. The first-order chi connectivity index (χ1) is 40.9. The molecule has 0 aromatic carbocycles. The van der Waals surface area contributed by atoms with Crippen molar-refractivity contribution in [3.63, 3.8) is 0 Å². The fourth-order valence-electron chi connectivity index (χ4n) is 10.1. The van der Waals surface area contributed by atoms with E-state index in [9.17, 15) is 19.0 Å². The van der Waals surface area contributed by atoms with Gasteiger partial charge in [0, 0.05) is 12.8 Å². The molecule has 0 rings (SSSR count). The molecule has 2 N–H and O–H groups in total. The number of phosphoric ester groups is 1. The standard InChI is InChI=1S/C74H135N2O7P/c1-7-10-13-16-19-22-25-28-30-32-34-35-36-37-38-39-40-41-43-44-46-48-51-54-57-60-63-66-73(77)75-71(70-82-84(79,80)81-69-68-76(4,5)6)72(65-62-59-56-53-50-27-24-21-18-15-12-9-3)83-74(78)67-64-61-58-55-52-49-47-45-42-33-31-29-26-23-20-17-14-11-8-2/h10,13,19,22,28-31,34-35,37-38,62,65,71-72H,7-9,11-12,14-18,20-21,23-27,32-33,36,39-61,63-64,66-70H2,1-6H3,(H-,75,77,79,80)/p+1/b13-10-,22-19-,30-28-,31-29+,35-34-,38-37-,65-62-. The van der Waals surface area contributed by atoms with Crippen molar-refractivity contribution >= 4 is 19.7 Å². The molecule has 0 spiro atoms. The summed E-state index contributed by atoms with van der Waals surface area (Å²) in [6.45, 7) is 6.92. The Kier molecular flexibility index (Phi) is 61.1. The molecule has 0 fully saturated rings. The summed E-state index contributed by atoms with van der Waals surface area (Å²) in [5, 5.41) is 3.07. The molecule has 84 heavy (non-hydrogen) atoms. The molecule has 0 aliphatic rings. The van der Waals surface area contributed by atoms with Crippen LogP contribution in [0.5, 0.6) is 0 Å². The molecule has 0 aromatic heterocycles. The monoisotopic (exact) mass is 1200 g/mol. The molecule has 9 nitrogen and oxygen atoms in total. The number of carbonyl (C=O) groups is 2. The normalized spacial score (nSPS) is 14.0. The number of likely N-dealkylation sites (N-methyl/N-ethyl adjacent to an activating group) is 1. The summed E-state index contributed by atoms with van der Waals surface area (Å²) in [5.41, 5.74) is 0. The highest BCUT2D eigenvalue weighted by molar-refractivity contribution is 7.47. The smallest absolute Gasteiger partial charge is 0.456 e. The number of nitrogens with zero attached hydrogens (tertiary/aromatic N) is 1. The van der Waals surface area contributed by atoms with E-state index in [-0.39, 0.29) is 31.5 Å². The maximum Gasteiger partial charge on any atom is 0.472 e. The molecule has 0 aliphatic heterocycles. The molecule has 10 heteroatoms. The Morgan fingerprint density at radius 1 is 0.429 bits per heavy atom. The summed E-state index contributed by atoms with van der Waals surface area (Å²) in [6.07, 6.45) is 84.5. The molecule has 0 aromatic rings. The van der Waals surface area contributed by atoms with E-state index in [4.69, 9.17) is 13.8 Å². The van der Waals surface area contributed by atoms with Gasteiger partial charge in [-0.15, -0.1) is 0 Å². The molecular formula is C74H136N2O7P+. The lowest BCUT2D eigenvalue weighted by Gasteiger charge is -2.27. The fourth-order valence-corrected chi connectivity index (χ4v) is 10.9. The summed E-state index contributed by atoms with van der Waals surface area (Å²) in [6, 6.07) is -0.855. The highest BCUT2D eigenvalue weighted by Crippen LogP contribution is 2.43. The van der Waals surface area contributed by atoms with Crippen molar-refractivity contribution in [3.05, 3.63) is 85.1 Å². The number of ether oxygens (including phenoxy) is 1. The number of amides is 1. The van der Waals surface area contributed by atoms with E-state index in [0.29, 0.717) is 17.4 Å². The van der Waals surface area contributed by atoms with E-state index in [0.717, 1.165) is 89.9 Å². The first-order valence-corrected chi connectivity index (χ1v) is 36.9. The average Bonchev–Trinajstić information content (AvgIpc) is 3.64. The van der Waals surface area contributed by atoms with Gasteiger partial charge in [0.2, 0.25) is 5.91 Å². The van der Waals surface area contributed by atoms with E-state index >= 15 is 0 Å². The van der Waals surface area contributed by atoms with Gasteiger partial charge in [-0.25, -0.2) is 4.57 Å². The highest BCUT2D eigenvalue weighted by atomic mass is 31.2. The van der Waals surface area contributed by atoms with Crippen LogP contribution in [0.1, 0.15) is 323 Å². The lowest BCUT2D eigenvalue weighted by molar-refractivity contribution is -0.870. The number of rotatable bonds is 64. The van der Waals surface area contributed by atoms with Crippen LogP contribution in [0.15, 0.2) is 85.1 Å². The molecule has 0 heterocycles. The van der Waals surface area contributed by atoms with E-state index in [1.165, 1.54) is 199 Å². The number of hydrogen-bond donors (Lipinski definition) is 2. The maximum atomic E-state index is 13.6. The van der Waals surface area contributed by atoms with E-state index in [1.54, 1.807) is 0 Å². The number of nitrogens with one attached hydrogen (secondary N) is 1. The van der Waals surface area contributed by atoms with Crippen molar-refractivity contribution in [2.45, 2.75) is 335 Å². The Balaban J connectivity index is 5.06. The van der Waals surface area contributed by atoms with Gasteiger partial charge in [0.05, 0.1) is 33.8 Å². The third kappa shape index (κ3) is 63.7.